The van der Waals surface area contributed by atoms with Crippen molar-refractivity contribution in [3.8, 4) is 5.75 Å². The van der Waals surface area contributed by atoms with Gasteiger partial charge in [-0.25, -0.2) is 0 Å². The number of hydrogen-bond acceptors (Lipinski definition) is 5. The number of carbonyl (C=O) groups is 1. The van der Waals surface area contributed by atoms with E-state index in [9.17, 15) is 4.79 Å². The lowest BCUT2D eigenvalue weighted by molar-refractivity contribution is -0.0843. The number of ether oxygens (including phenoxy) is 2. The molecule has 2 aliphatic heterocycles. The Balaban J connectivity index is 1.29. The van der Waals surface area contributed by atoms with Gasteiger partial charge in [0.05, 0.1) is 25.8 Å². The van der Waals surface area contributed by atoms with Gasteiger partial charge in [-0.3, -0.25) is 14.4 Å². The maximum absolute atomic E-state index is 13.3. The Hall–Kier alpha value is -2.90. The van der Waals surface area contributed by atoms with E-state index in [-0.39, 0.29) is 30.1 Å². The lowest BCUT2D eigenvalue weighted by Gasteiger charge is -2.48. The molecular weight excluding hydrogens is 416 g/mol. The molecule has 2 bridgehead atoms. The molecule has 1 aromatic heterocycles. The summed E-state index contributed by atoms with van der Waals surface area (Å²) in [4.78, 5) is 15.8. The first-order valence-corrected chi connectivity index (χ1v) is 11.8. The number of piperidine rings is 1. The van der Waals surface area contributed by atoms with Crippen LogP contribution in [0.4, 0.5) is 0 Å². The minimum atomic E-state index is -0.0850. The molecule has 0 radical (unpaired) electrons. The molecule has 0 aliphatic carbocycles. The summed E-state index contributed by atoms with van der Waals surface area (Å²) in [5.41, 5.74) is 2.78. The van der Waals surface area contributed by atoms with Crippen LogP contribution in [0, 0.1) is 0 Å². The van der Waals surface area contributed by atoms with Crippen molar-refractivity contribution in [1.82, 2.24) is 20.0 Å². The van der Waals surface area contributed by atoms with Crippen LogP contribution in [0.25, 0.3) is 10.9 Å². The summed E-state index contributed by atoms with van der Waals surface area (Å²) in [7, 11) is 1.69. The number of nitrogens with zero attached hydrogens (tertiary/aromatic N) is 3. The van der Waals surface area contributed by atoms with E-state index in [0.717, 1.165) is 36.0 Å². The van der Waals surface area contributed by atoms with Crippen LogP contribution in [0.2, 0.25) is 0 Å². The van der Waals surface area contributed by atoms with Crippen LogP contribution in [0.15, 0.2) is 48.5 Å². The number of fused-ring (bicyclic) bond motifs is 3. The molecule has 2 unspecified atom stereocenters. The quantitative estimate of drug-likeness (QED) is 0.622. The summed E-state index contributed by atoms with van der Waals surface area (Å²) < 4.78 is 13.1. The molecule has 33 heavy (non-hydrogen) atoms. The minimum absolute atomic E-state index is 0.0850. The number of morpholine rings is 1. The van der Waals surface area contributed by atoms with Gasteiger partial charge >= 0.3 is 0 Å². The Morgan fingerprint density at radius 3 is 2.48 bits per heavy atom. The molecule has 2 saturated heterocycles. The van der Waals surface area contributed by atoms with Crippen LogP contribution < -0.4 is 10.1 Å². The summed E-state index contributed by atoms with van der Waals surface area (Å²) >= 11 is 0. The standard InChI is InChI=1S/C26H32N4O3/c1-17(2)30-24-7-5-4-6-23(24)25(28-30)26(31)27-19-12-20-15-33-16-21(13-19)29(20)14-18-8-10-22(32-3)11-9-18/h4-11,17,19-21H,12-16H2,1-3H3,(H,27,31). The fourth-order valence-electron chi connectivity index (χ4n) is 5.21. The molecular formula is C26H32N4O3. The monoisotopic (exact) mass is 448 g/mol. The van der Waals surface area contributed by atoms with E-state index in [1.807, 2.05) is 41.1 Å². The molecule has 7 heteroatoms. The highest BCUT2D eigenvalue weighted by Gasteiger charge is 2.39. The molecule has 2 atom stereocenters. The number of para-hydroxylation sites is 1. The van der Waals surface area contributed by atoms with E-state index in [1.54, 1.807) is 7.11 Å². The molecule has 1 N–H and O–H groups in total. The van der Waals surface area contributed by atoms with Gasteiger partial charge in [0.2, 0.25) is 0 Å². The van der Waals surface area contributed by atoms with Crippen molar-refractivity contribution in [2.75, 3.05) is 20.3 Å². The largest absolute Gasteiger partial charge is 0.497 e. The van der Waals surface area contributed by atoms with E-state index in [0.29, 0.717) is 18.9 Å². The number of nitrogens with one attached hydrogen (secondary N) is 1. The number of hydrogen-bond donors (Lipinski definition) is 1. The third-order valence-electron chi connectivity index (χ3n) is 6.85. The molecule has 2 fully saturated rings. The molecule has 2 aliphatic rings. The van der Waals surface area contributed by atoms with Gasteiger partial charge < -0.3 is 14.8 Å². The first kappa shape index (κ1) is 21.9. The highest BCUT2D eigenvalue weighted by molar-refractivity contribution is 6.05. The van der Waals surface area contributed by atoms with Gasteiger partial charge in [-0.2, -0.15) is 5.10 Å². The van der Waals surface area contributed by atoms with Crippen LogP contribution in [0.3, 0.4) is 0 Å². The normalized spacial score (nSPS) is 23.1. The molecule has 3 aromatic rings. The lowest BCUT2D eigenvalue weighted by Crippen LogP contribution is -2.60. The van der Waals surface area contributed by atoms with E-state index >= 15 is 0 Å². The second-order valence-electron chi connectivity index (χ2n) is 9.41. The summed E-state index contributed by atoms with van der Waals surface area (Å²) in [5.74, 6) is 0.786. The number of aromatic nitrogens is 2. The second kappa shape index (κ2) is 9.15. The zero-order valence-electron chi connectivity index (χ0n) is 19.5. The summed E-state index contributed by atoms with van der Waals surface area (Å²) in [6.07, 6.45) is 1.75. The Bertz CT molecular complexity index is 1110. The van der Waals surface area contributed by atoms with Gasteiger partial charge in [-0.05, 0) is 50.5 Å². The number of benzene rings is 2. The maximum atomic E-state index is 13.3. The highest BCUT2D eigenvalue weighted by Crippen LogP contribution is 2.30. The minimum Gasteiger partial charge on any atom is -0.497 e. The van der Waals surface area contributed by atoms with Crippen LogP contribution in [0.1, 0.15) is 48.8 Å². The summed E-state index contributed by atoms with van der Waals surface area (Å²) in [6, 6.07) is 17.1. The van der Waals surface area contributed by atoms with Gasteiger partial charge in [0.25, 0.3) is 5.91 Å². The Labute approximate surface area is 194 Å². The predicted octanol–water partition coefficient (Wildman–Crippen LogP) is 3.79. The van der Waals surface area contributed by atoms with Crippen molar-refractivity contribution in [3.05, 3.63) is 59.8 Å². The van der Waals surface area contributed by atoms with Crippen LogP contribution in [0.5, 0.6) is 5.75 Å². The number of carbonyl (C=O) groups excluding carboxylic acids is 1. The number of rotatable bonds is 6. The van der Waals surface area contributed by atoms with Gasteiger partial charge in [0.15, 0.2) is 5.69 Å². The topological polar surface area (TPSA) is 68.6 Å². The van der Waals surface area contributed by atoms with Gasteiger partial charge in [0.1, 0.15) is 5.75 Å². The first-order valence-electron chi connectivity index (χ1n) is 11.8. The number of amides is 1. The molecule has 2 aromatic carbocycles. The van der Waals surface area contributed by atoms with Crippen molar-refractivity contribution in [2.45, 2.75) is 57.4 Å². The molecule has 3 heterocycles. The smallest absolute Gasteiger partial charge is 0.272 e. The van der Waals surface area contributed by atoms with Gasteiger partial charge in [-0.15, -0.1) is 0 Å². The molecule has 0 spiro atoms. The van der Waals surface area contributed by atoms with Crippen molar-refractivity contribution in [3.63, 3.8) is 0 Å². The third-order valence-corrected chi connectivity index (χ3v) is 6.85. The fraction of sp³-hybridized carbons (Fsp3) is 0.462. The van der Waals surface area contributed by atoms with Crippen LogP contribution in [-0.2, 0) is 11.3 Å². The SMILES string of the molecule is COc1ccc(CN2C3COCC2CC(NC(=O)c2nn(C(C)C)c4ccccc24)C3)cc1. The van der Waals surface area contributed by atoms with Crippen LogP contribution >= 0.6 is 0 Å². The van der Waals surface area contributed by atoms with Gasteiger partial charge in [-0.1, -0.05) is 30.3 Å². The Morgan fingerprint density at radius 1 is 1.12 bits per heavy atom. The second-order valence-corrected chi connectivity index (χ2v) is 9.41. The van der Waals surface area contributed by atoms with E-state index in [1.165, 1.54) is 5.56 Å². The Morgan fingerprint density at radius 2 is 1.82 bits per heavy atom. The lowest BCUT2D eigenvalue weighted by atomic mass is 9.89. The first-order chi connectivity index (χ1) is 16.0. The van der Waals surface area contributed by atoms with Crippen molar-refractivity contribution < 1.29 is 14.3 Å². The van der Waals surface area contributed by atoms with E-state index in [2.05, 4.69) is 41.3 Å². The van der Waals surface area contributed by atoms with Crippen molar-refractivity contribution >= 4 is 16.8 Å². The molecule has 7 nitrogen and oxygen atoms in total. The average Bonchev–Trinajstić information content (AvgIpc) is 3.20. The summed E-state index contributed by atoms with van der Waals surface area (Å²) in [6.45, 7) is 6.45. The van der Waals surface area contributed by atoms with Crippen molar-refractivity contribution in [2.24, 2.45) is 0 Å². The van der Waals surface area contributed by atoms with Crippen molar-refractivity contribution in [1.29, 1.82) is 0 Å². The number of methoxy groups -OCH3 is 1. The zero-order valence-corrected chi connectivity index (χ0v) is 19.5. The molecule has 1 amide bonds. The highest BCUT2D eigenvalue weighted by atomic mass is 16.5. The maximum Gasteiger partial charge on any atom is 0.272 e. The fourth-order valence-corrected chi connectivity index (χ4v) is 5.21. The Kier molecular flexibility index (Phi) is 6.08. The van der Waals surface area contributed by atoms with Crippen LogP contribution in [-0.4, -0.2) is 59.0 Å². The predicted molar refractivity (Wildman–Crippen MR) is 128 cm³/mol. The summed E-state index contributed by atoms with van der Waals surface area (Å²) in [5, 5.41) is 8.87. The third kappa shape index (κ3) is 4.35. The average molecular weight is 449 g/mol. The molecule has 0 saturated carbocycles. The molecule has 174 valence electrons. The molecule has 5 rings (SSSR count). The zero-order chi connectivity index (χ0) is 22.9. The van der Waals surface area contributed by atoms with E-state index in [4.69, 9.17) is 9.47 Å². The van der Waals surface area contributed by atoms with E-state index < -0.39 is 0 Å². The van der Waals surface area contributed by atoms with Gasteiger partial charge in [0, 0.05) is 36.1 Å².